The molecule has 1 heterocycles. The number of carbonyl (C=O) groups excluding carboxylic acids is 3. The lowest BCUT2D eigenvalue weighted by atomic mass is 10.1. The number of hydrogen-bond acceptors (Lipinski definition) is 8. The molecule has 6 N–H and O–H groups in total. The van der Waals surface area contributed by atoms with Crippen LogP contribution in [0.2, 0.25) is 5.02 Å². The molecule has 0 aliphatic carbocycles. The average Bonchev–Trinajstić information content (AvgIpc) is 3.13. The standard InChI is InChI=1S/C37H42ClF3N6O5S/c38-30-12-10-24(20-29(30)37(39,40)41)22-44-46-35(50)28-21-27(47-16-4-1-5-17-47)11-13-32(28)45-34(49)26-8-6-7-25(19-26)23-53-18-14-33(48)43-15-3-2-9-31(42)36(51)52/h6-8,10-13,19-22,31H,1-5,9,14-18,23,42H2,(H,43,48)(H,45,49)(H,46,50)(H,51,52)/b44-22+. The molecule has 4 rings (SSSR count). The molecule has 3 aromatic rings. The summed E-state index contributed by atoms with van der Waals surface area (Å²) in [5, 5.41) is 17.9. The summed E-state index contributed by atoms with van der Waals surface area (Å²) in [4.78, 5) is 51.9. The number of aliphatic carboxylic acids is 1. The number of carbonyl (C=O) groups is 4. The fraction of sp³-hybridized carbons (Fsp3) is 0.378. The summed E-state index contributed by atoms with van der Waals surface area (Å²) in [7, 11) is 0. The molecular formula is C37H42ClF3N6O5S. The minimum Gasteiger partial charge on any atom is -0.480 e. The maximum atomic E-state index is 13.4. The molecule has 0 spiro atoms. The predicted octanol–water partition coefficient (Wildman–Crippen LogP) is 6.69. The summed E-state index contributed by atoms with van der Waals surface area (Å²) in [6.07, 6.45) is 1.41. The van der Waals surface area contributed by atoms with Crippen LogP contribution in [0.25, 0.3) is 0 Å². The Kier molecular flexibility index (Phi) is 15.5. The zero-order valence-electron chi connectivity index (χ0n) is 28.9. The van der Waals surface area contributed by atoms with Crippen molar-refractivity contribution in [2.75, 3.05) is 35.6 Å². The highest BCUT2D eigenvalue weighted by Gasteiger charge is 2.33. The van der Waals surface area contributed by atoms with E-state index in [1.807, 2.05) is 12.1 Å². The van der Waals surface area contributed by atoms with Crippen molar-refractivity contribution in [1.29, 1.82) is 0 Å². The molecule has 1 fully saturated rings. The maximum absolute atomic E-state index is 13.4. The Labute approximate surface area is 314 Å². The van der Waals surface area contributed by atoms with Gasteiger partial charge in [0.2, 0.25) is 5.91 Å². The van der Waals surface area contributed by atoms with Gasteiger partial charge < -0.3 is 26.4 Å². The van der Waals surface area contributed by atoms with Gasteiger partial charge in [-0.2, -0.15) is 30.0 Å². The highest BCUT2D eigenvalue weighted by atomic mass is 35.5. The van der Waals surface area contributed by atoms with Gasteiger partial charge in [0.05, 0.1) is 28.1 Å². The lowest BCUT2D eigenvalue weighted by Gasteiger charge is -2.29. The Hall–Kier alpha value is -4.60. The number of hydrazone groups is 1. The zero-order valence-corrected chi connectivity index (χ0v) is 30.5. The van der Waals surface area contributed by atoms with Crippen LogP contribution >= 0.6 is 23.4 Å². The van der Waals surface area contributed by atoms with Crippen LogP contribution in [0.1, 0.15) is 82.4 Å². The molecule has 3 amide bonds. The van der Waals surface area contributed by atoms with Gasteiger partial charge >= 0.3 is 12.1 Å². The Morgan fingerprint density at radius 1 is 1.00 bits per heavy atom. The molecule has 16 heteroatoms. The van der Waals surface area contributed by atoms with Gasteiger partial charge in [0.1, 0.15) is 6.04 Å². The Balaban J connectivity index is 1.36. The second-order valence-corrected chi connectivity index (χ2v) is 14.0. The van der Waals surface area contributed by atoms with Crippen LogP contribution in [0.4, 0.5) is 24.5 Å². The van der Waals surface area contributed by atoms with Crippen LogP contribution in [0.15, 0.2) is 65.8 Å². The molecule has 53 heavy (non-hydrogen) atoms. The third-order valence-electron chi connectivity index (χ3n) is 8.41. The molecule has 3 aromatic carbocycles. The summed E-state index contributed by atoms with van der Waals surface area (Å²) < 4.78 is 39.9. The molecule has 1 atom stereocenters. The lowest BCUT2D eigenvalue weighted by molar-refractivity contribution is -0.139. The van der Waals surface area contributed by atoms with E-state index in [1.54, 1.807) is 30.3 Å². The van der Waals surface area contributed by atoms with Crippen molar-refractivity contribution < 1.29 is 37.5 Å². The first-order chi connectivity index (χ1) is 25.3. The molecule has 0 aromatic heterocycles. The van der Waals surface area contributed by atoms with Crippen molar-refractivity contribution >= 4 is 64.6 Å². The number of halogens is 4. The number of rotatable bonds is 17. The third-order valence-corrected chi connectivity index (χ3v) is 9.77. The van der Waals surface area contributed by atoms with Crippen LogP contribution in [-0.2, 0) is 21.5 Å². The number of amides is 3. The van der Waals surface area contributed by atoms with Gasteiger partial charge in [-0.05, 0) is 92.1 Å². The van der Waals surface area contributed by atoms with E-state index in [-0.39, 0.29) is 22.7 Å². The zero-order chi connectivity index (χ0) is 38.4. The lowest BCUT2D eigenvalue weighted by Crippen LogP contribution is -2.30. The molecule has 0 radical (unpaired) electrons. The highest BCUT2D eigenvalue weighted by molar-refractivity contribution is 7.98. The second kappa shape index (κ2) is 20.0. The van der Waals surface area contributed by atoms with Crippen molar-refractivity contribution in [2.24, 2.45) is 10.8 Å². The van der Waals surface area contributed by atoms with E-state index in [2.05, 4.69) is 26.1 Å². The van der Waals surface area contributed by atoms with Crippen molar-refractivity contribution in [3.63, 3.8) is 0 Å². The van der Waals surface area contributed by atoms with Crippen LogP contribution in [0.3, 0.4) is 0 Å². The van der Waals surface area contributed by atoms with Gasteiger partial charge in [-0.25, -0.2) is 5.43 Å². The molecule has 1 aliphatic rings. The smallest absolute Gasteiger partial charge is 0.417 e. The molecule has 0 bridgehead atoms. The second-order valence-electron chi connectivity index (χ2n) is 12.5. The number of nitrogens with two attached hydrogens (primary N) is 1. The number of benzene rings is 3. The summed E-state index contributed by atoms with van der Waals surface area (Å²) in [6.45, 7) is 2.06. The van der Waals surface area contributed by atoms with E-state index in [0.717, 1.165) is 62.0 Å². The van der Waals surface area contributed by atoms with Gasteiger partial charge in [-0.1, -0.05) is 29.8 Å². The number of piperidine rings is 1. The Morgan fingerprint density at radius 2 is 1.77 bits per heavy atom. The molecule has 1 aliphatic heterocycles. The first kappa shape index (κ1) is 41.2. The number of thioether (sulfide) groups is 1. The van der Waals surface area contributed by atoms with E-state index >= 15 is 0 Å². The van der Waals surface area contributed by atoms with Crippen molar-refractivity contribution in [3.8, 4) is 0 Å². The SMILES string of the molecule is NC(CCCCNC(=O)CCSCc1cccc(C(=O)Nc2ccc(N3CCCCC3)cc2C(=O)N/N=C/c2ccc(Cl)c(C(F)(F)F)c2)c1)C(=O)O. The number of nitrogens with zero attached hydrogens (tertiary/aromatic N) is 2. The molecule has 284 valence electrons. The summed E-state index contributed by atoms with van der Waals surface area (Å²) in [6, 6.07) is 14.5. The third kappa shape index (κ3) is 13.1. The van der Waals surface area contributed by atoms with Crippen LogP contribution < -0.4 is 26.7 Å². The van der Waals surface area contributed by atoms with Crippen LogP contribution in [0, 0.1) is 0 Å². The fourth-order valence-corrected chi connectivity index (χ4v) is 6.64. The highest BCUT2D eigenvalue weighted by Crippen LogP contribution is 2.35. The number of carboxylic acid groups (broad SMARTS) is 1. The largest absolute Gasteiger partial charge is 0.480 e. The van der Waals surface area contributed by atoms with E-state index in [0.29, 0.717) is 49.3 Å². The number of anilines is 2. The summed E-state index contributed by atoms with van der Waals surface area (Å²) in [5.74, 6) is -1.16. The topological polar surface area (TPSA) is 166 Å². The molecular weight excluding hydrogens is 733 g/mol. The first-order valence-corrected chi connectivity index (χ1v) is 18.7. The number of nitrogens with one attached hydrogen (secondary N) is 3. The quantitative estimate of drug-likeness (QED) is 0.0575. The average molecular weight is 775 g/mol. The molecule has 1 saturated heterocycles. The van der Waals surface area contributed by atoms with E-state index in [1.165, 1.54) is 17.8 Å². The normalized spacial score (nSPS) is 13.8. The van der Waals surface area contributed by atoms with Gasteiger partial charge in [0.15, 0.2) is 0 Å². The number of alkyl halides is 3. The van der Waals surface area contributed by atoms with E-state index < -0.39 is 40.6 Å². The fourth-order valence-electron chi connectivity index (χ4n) is 5.52. The predicted molar refractivity (Wildman–Crippen MR) is 202 cm³/mol. The van der Waals surface area contributed by atoms with Gasteiger partial charge in [0, 0.05) is 48.8 Å². The Bertz CT molecular complexity index is 1790. The van der Waals surface area contributed by atoms with Crippen molar-refractivity contribution in [1.82, 2.24) is 10.7 Å². The molecule has 0 saturated carbocycles. The van der Waals surface area contributed by atoms with Gasteiger partial charge in [-0.3, -0.25) is 19.2 Å². The van der Waals surface area contributed by atoms with Gasteiger partial charge in [0.25, 0.3) is 11.8 Å². The molecule has 11 nitrogen and oxygen atoms in total. The minimum atomic E-state index is -4.66. The minimum absolute atomic E-state index is 0.0756. The van der Waals surface area contributed by atoms with E-state index in [9.17, 15) is 32.3 Å². The molecule has 1 unspecified atom stereocenters. The number of carboxylic acids is 1. The first-order valence-electron chi connectivity index (χ1n) is 17.1. The van der Waals surface area contributed by atoms with Crippen LogP contribution in [0.5, 0.6) is 0 Å². The summed E-state index contributed by atoms with van der Waals surface area (Å²) >= 11 is 7.24. The Morgan fingerprint density at radius 3 is 2.51 bits per heavy atom. The van der Waals surface area contributed by atoms with Crippen LogP contribution in [-0.4, -0.2) is 66.4 Å². The van der Waals surface area contributed by atoms with E-state index in [4.69, 9.17) is 22.4 Å². The van der Waals surface area contributed by atoms with Crippen molar-refractivity contribution in [2.45, 2.75) is 62.9 Å². The van der Waals surface area contributed by atoms with Gasteiger partial charge in [-0.15, -0.1) is 0 Å². The van der Waals surface area contributed by atoms with Crippen molar-refractivity contribution in [3.05, 3.63) is 93.5 Å². The number of unbranched alkanes of at least 4 members (excludes halogenated alkanes) is 1. The number of hydrogen-bond donors (Lipinski definition) is 5. The summed E-state index contributed by atoms with van der Waals surface area (Å²) in [5.41, 5.74) is 9.26. The monoisotopic (exact) mass is 774 g/mol. The maximum Gasteiger partial charge on any atom is 0.417 e.